The van der Waals surface area contributed by atoms with Crippen molar-refractivity contribution < 1.29 is 5.11 Å². The Balaban J connectivity index is 1.87. The Hall–Kier alpha value is -1.97. The molecule has 0 saturated heterocycles. The van der Waals surface area contributed by atoms with Gasteiger partial charge in [0.25, 0.3) is 0 Å². The molecule has 0 aliphatic carbocycles. The zero-order valence-corrected chi connectivity index (χ0v) is 12.9. The standard InChI is InChI=1S/C18H14BrNO/c19-17-10-16(11-20-12-17)18(21)15-8-6-14(7-9-15)13-4-2-1-3-5-13/h1-12,18,21H. The Morgan fingerprint density at radius 1 is 0.810 bits per heavy atom. The van der Waals surface area contributed by atoms with Crippen molar-refractivity contribution in [2.75, 3.05) is 0 Å². The lowest BCUT2D eigenvalue weighted by atomic mass is 9.99. The van der Waals surface area contributed by atoms with Gasteiger partial charge in [-0.15, -0.1) is 0 Å². The van der Waals surface area contributed by atoms with Gasteiger partial charge in [-0.3, -0.25) is 4.98 Å². The maximum absolute atomic E-state index is 10.4. The van der Waals surface area contributed by atoms with E-state index in [1.165, 1.54) is 5.56 Å². The average molecular weight is 340 g/mol. The third kappa shape index (κ3) is 3.20. The quantitative estimate of drug-likeness (QED) is 0.756. The van der Waals surface area contributed by atoms with Crippen molar-refractivity contribution in [1.29, 1.82) is 0 Å². The summed E-state index contributed by atoms with van der Waals surface area (Å²) in [4.78, 5) is 4.09. The van der Waals surface area contributed by atoms with Crippen LogP contribution in [0.15, 0.2) is 77.5 Å². The van der Waals surface area contributed by atoms with Crippen molar-refractivity contribution in [2.45, 2.75) is 6.10 Å². The maximum Gasteiger partial charge on any atom is 0.106 e. The van der Waals surface area contributed by atoms with Gasteiger partial charge in [0.15, 0.2) is 0 Å². The largest absolute Gasteiger partial charge is 0.384 e. The highest BCUT2D eigenvalue weighted by molar-refractivity contribution is 9.10. The van der Waals surface area contributed by atoms with Crippen molar-refractivity contribution in [2.24, 2.45) is 0 Å². The summed E-state index contributed by atoms with van der Waals surface area (Å²) in [6, 6.07) is 20.0. The average Bonchev–Trinajstić information content (AvgIpc) is 2.55. The van der Waals surface area contributed by atoms with Crippen LogP contribution >= 0.6 is 15.9 Å². The molecule has 0 spiro atoms. The Kier molecular flexibility index (Phi) is 4.13. The summed E-state index contributed by atoms with van der Waals surface area (Å²) in [7, 11) is 0. The van der Waals surface area contributed by atoms with Crippen LogP contribution in [0.4, 0.5) is 0 Å². The topological polar surface area (TPSA) is 33.1 Å². The summed E-state index contributed by atoms with van der Waals surface area (Å²) in [5.74, 6) is 0. The molecule has 2 nitrogen and oxygen atoms in total. The lowest BCUT2D eigenvalue weighted by Crippen LogP contribution is -2.00. The molecule has 0 bridgehead atoms. The number of pyridine rings is 1. The summed E-state index contributed by atoms with van der Waals surface area (Å²) < 4.78 is 0.861. The Labute approximate surface area is 132 Å². The van der Waals surface area contributed by atoms with Crippen LogP contribution in [0.2, 0.25) is 0 Å². The normalized spacial score (nSPS) is 12.1. The summed E-state index contributed by atoms with van der Waals surface area (Å²) in [5.41, 5.74) is 3.94. The van der Waals surface area contributed by atoms with Crippen LogP contribution in [0.25, 0.3) is 11.1 Å². The second kappa shape index (κ2) is 6.20. The third-order valence-electron chi connectivity index (χ3n) is 3.38. The lowest BCUT2D eigenvalue weighted by Gasteiger charge is -2.12. The van der Waals surface area contributed by atoms with Crippen molar-refractivity contribution >= 4 is 15.9 Å². The highest BCUT2D eigenvalue weighted by Gasteiger charge is 2.11. The van der Waals surface area contributed by atoms with E-state index in [1.54, 1.807) is 12.4 Å². The van der Waals surface area contributed by atoms with E-state index in [1.807, 2.05) is 48.5 Å². The minimum absolute atomic E-state index is 0.667. The van der Waals surface area contributed by atoms with Crippen LogP contribution in [-0.2, 0) is 0 Å². The van der Waals surface area contributed by atoms with Crippen LogP contribution in [-0.4, -0.2) is 10.1 Å². The van der Waals surface area contributed by atoms with Crippen LogP contribution in [0.1, 0.15) is 17.2 Å². The number of aliphatic hydroxyl groups excluding tert-OH is 1. The molecule has 3 heteroatoms. The fourth-order valence-electron chi connectivity index (χ4n) is 2.26. The molecule has 3 aromatic rings. The van der Waals surface area contributed by atoms with Gasteiger partial charge in [-0.25, -0.2) is 0 Å². The van der Waals surface area contributed by atoms with Crippen molar-refractivity contribution in [3.63, 3.8) is 0 Å². The Morgan fingerprint density at radius 3 is 2.14 bits per heavy atom. The highest BCUT2D eigenvalue weighted by Crippen LogP contribution is 2.26. The number of hydrogen-bond acceptors (Lipinski definition) is 2. The molecule has 104 valence electrons. The van der Waals surface area contributed by atoms with Gasteiger partial charge >= 0.3 is 0 Å². The van der Waals surface area contributed by atoms with Crippen molar-refractivity contribution in [3.8, 4) is 11.1 Å². The predicted octanol–water partition coefficient (Wildman–Crippen LogP) is 4.59. The minimum atomic E-state index is -0.667. The van der Waals surface area contributed by atoms with E-state index in [0.29, 0.717) is 0 Å². The lowest BCUT2D eigenvalue weighted by molar-refractivity contribution is 0.220. The number of nitrogens with zero attached hydrogens (tertiary/aromatic N) is 1. The van der Waals surface area contributed by atoms with Gasteiger partial charge in [-0.1, -0.05) is 54.6 Å². The van der Waals surface area contributed by atoms with E-state index in [0.717, 1.165) is 21.2 Å². The van der Waals surface area contributed by atoms with E-state index in [2.05, 4.69) is 33.0 Å². The Bertz CT molecular complexity index is 726. The van der Waals surface area contributed by atoms with Crippen LogP contribution in [0.5, 0.6) is 0 Å². The first-order valence-electron chi connectivity index (χ1n) is 6.68. The first kappa shape index (κ1) is 14.0. The first-order chi connectivity index (χ1) is 10.2. The van der Waals surface area contributed by atoms with E-state index >= 15 is 0 Å². The molecular weight excluding hydrogens is 326 g/mol. The second-order valence-corrected chi connectivity index (χ2v) is 5.74. The van der Waals surface area contributed by atoms with Gasteiger partial charge in [-0.2, -0.15) is 0 Å². The molecule has 0 fully saturated rings. The van der Waals surface area contributed by atoms with E-state index in [9.17, 15) is 5.11 Å². The van der Waals surface area contributed by atoms with Gasteiger partial charge in [-0.05, 0) is 38.7 Å². The number of aliphatic hydroxyl groups is 1. The van der Waals surface area contributed by atoms with Gasteiger partial charge in [0, 0.05) is 22.4 Å². The molecule has 1 unspecified atom stereocenters. The monoisotopic (exact) mass is 339 g/mol. The molecule has 1 N–H and O–H groups in total. The molecule has 2 aromatic carbocycles. The molecule has 21 heavy (non-hydrogen) atoms. The summed E-state index contributed by atoms with van der Waals surface area (Å²) >= 11 is 3.37. The number of benzene rings is 2. The molecule has 0 radical (unpaired) electrons. The second-order valence-electron chi connectivity index (χ2n) is 4.83. The van der Waals surface area contributed by atoms with E-state index in [-0.39, 0.29) is 0 Å². The van der Waals surface area contributed by atoms with Gasteiger partial charge in [0.2, 0.25) is 0 Å². The minimum Gasteiger partial charge on any atom is -0.384 e. The molecule has 3 rings (SSSR count). The van der Waals surface area contributed by atoms with Crippen LogP contribution in [0.3, 0.4) is 0 Å². The number of halogens is 1. The van der Waals surface area contributed by atoms with Gasteiger partial charge in [0.1, 0.15) is 6.10 Å². The molecule has 0 amide bonds. The zero-order chi connectivity index (χ0) is 14.7. The number of aromatic nitrogens is 1. The number of hydrogen-bond donors (Lipinski definition) is 1. The molecular formula is C18H14BrNO. The smallest absolute Gasteiger partial charge is 0.106 e. The van der Waals surface area contributed by atoms with Gasteiger partial charge < -0.3 is 5.11 Å². The van der Waals surface area contributed by atoms with Crippen LogP contribution < -0.4 is 0 Å². The SMILES string of the molecule is OC(c1ccc(-c2ccccc2)cc1)c1cncc(Br)c1. The Morgan fingerprint density at radius 2 is 1.48 bits per heavy atom. The molecule has 0 aliphatic rings. The molecule has 1 aromatic heterocycles. The fourth-order valence-corrected chi connectivity index (χ4v) is 2.64. The van der Waals surface area contributed by atoms with Gasteiger partial charge in [0.05, 0.1) is 0 Å². The van der Waals surface area contributed by atoms with Crippen molar-refractivity contribution in [3.05, 3.63) is 88.7 Å². The summed E-state index contributed by atoms with van der Waals surface area (Å²) in [5, 5.41) is 10.4. The zero-order valence-electron chi connectivity index (χ0n) is 11.3. The van der Waals surface area contributed by atoms with E-state index < -0.39 is 6.10 Å². The highest BCUT2D eigenvalue weighted by atomic mass is 79.9. The molecule has 0 aliphatic heterocycles. The maximum atomic E-state index is 10.4. The van der Waals surface area contributed by atoms with E-state index in [4.69, 9.17) is 0 Å². The summed E-state index contributed by atoms with van der Waals surface area (Å²) in [6.45, 7) is 0. The van der Waals surface area contributed by atoms with Crippen molar-refractivity contribution in [1.82, 2.24) is 4.98 Å². The predicted molar refractivity (Wildman–Crippen MR) is 87.9 cm³/mol. The molecule has 0 saturated carbocycles. The first-order valence-corrected chi connectivity index (χ1v) is 7.47. The fraction of sp³-hybridized carbons (Fsp3) is 0.0556. The summed E-state index contributed by atoms with van der Waals surface area (Å²) in [6.07, 6.45) is 2.72. The number of rotatable bonds is 3. The third-order valence-corrected chi connectivity index (χ3v) is 3.81. The molecule has 1 atom stereocenters. The van der Waals surface area contributed by atoms with Crippen LogP contribution in [0, 0.1) is 0 Å². The molecule has 1 heterocycles.